The summed E-state index contributed by atoms with van der Waals surface area (Å²) in [5.74, 6) is 1.23. The predicted octanol–water partition coefficient (Wildman–Crippen LogP) is 2.45. The minimum Gasteiger partial charge on any atom is -0.357 e. The van der Waals surface area contributed by atoms with Crippen molar-refractivity contribution < 1.29 is 8.78 Å². The molecule has 0 spiro atoms. The molecule has 0 amide bonds. The van der Waals surface area contributed by atoms with Crippen LogP contribution in [-0.4, -0.2) is 27.3 Å². The standard InChI is InChI=1S/C17H22F2N6/c1-3-20-17(21-10-12-9-13(18)6-7-14(12)19)23-15-5-4-8-25-16(15)22-11(2)24-25/h6-7,9,15H,3-5,8,10H2,1-2H3,(H2,20,21,23). The third kappa shape index (κ3) is 4.12. The highest BCUT2D eigenvalue weighted by Gasteiger charge is 2.24. The van der Waals surface area contributed by atoms with Gasteiger partial charge in [-0.2, -0.15) is 5.10 Å². The zero-order valence-corrected chi connectivity index (χ0v) is 14.4. The van der Waals surface area contributed by atoms with Crippen molar-refractivity contribution in [1.82, 2.24) is 25.4 Å². The van der Waals surface area contributed by atoms with Crippen molar-refractivity contribution in [3.05, 3.63) is 47.0 Å². The number of rotatable bonds is 4. The van der Waals surface area contributed by atoms with Gasteiger partial charge in [-0.15, -0.1) is 0 Å². The van der Waals surface area contributed by atoms with Crippen molar-refractivity contribution >= 4 is 5.96 Å². The molecule has 0 saturated carbocycles. The average Bonchev–Trinajstić information content (AvgIpc) is 2.97. The molecule has 1 aliphatic rings. The summed E-state index contributed by atoms with van der Waals surface area (Å²) in [5, 5.41) is 10.9. The summed E-state index contributed by atoms with van der Waals surface area (Å²) in [6.07, 6.45) is 1.91. The van der Waals surface area contributed by atoms with Crippen LogP contribution in [0.4, 0.5) is 8.78 Å². The van der Waals surface area contributed by atoms with Gasteiger partial charge in [0.1, 0.15) is 23.3 Å². The maximum atomic E-state index is 13.8. The van der Waals surface area contributed by atoms with Gasteiger partial charge in [0.25, 0.3) is 0 Å². The highest BCUT2D eigenvalue weighted by Crippen LogP contribution is 2.22. The lowest BCUT2D eigenvalue weighted by Gasteiger charge is -2.25. The lowest BCUT2D eigenvalue weighted by atomic mass is 10.1. The Morgan fingerprint density at radius 1 is 1.40 bits per heavy atom. The molecule has 1 aliphatic heterocycles. The predicted molar refractivity (Wildman–Crippen MR) is 91.0 cm³/mol. The minimum absolute atomic E-state index is 0.00916. The molecular weight excluding hydrogens is 326 g/mol. The Hall–Kier alpha value is -2.51. The van der Waals surface area contributed by atoms with Crippen LogP contribution in [0.3, 0.4) is 0 Å². The van der Waals surface area contributed by atoms with Crippen LogP contribution in [0.15, 0.2) is 23.2 Å². The number of aryl methyl sites for hydroxylation is 2. The van der Waals surface area contributed by atoms with E-state index in [1.807, 2.05) is 18.5 Å². The van der Waals surface area contributed by atoms with Gasteiger partial charge >= 0.3 is 0 Å². The normalized spacial score (nSPS) is 17.3. The second-order valence-electron chi connectivity index (χ2n) is 6.01. The van der Waals surface area contributed by atoms with E-state index in [2.05, 4.69) is 25.7 Å². The number of hydrogen-bond acceptors (Lipinski definition) is 3. The van der Waals surface area contributed by atoms with Crippen molar-refractivity contribution in [2.45, 2.75) is 45.8 Å². The van der Waals surface area contributed by atoms with E-state index in [9.17, 15) is 8.78 Å². The maximum absolute atomic E-state index is 13.8. The van der Waals surface area contributed by atoms with Gasteiger partial charge in [0.15, 0.2) is 5.96 Å². The zero-order valence-electron chi connectivity index (χ0n) is 14.4. The average molecular weight is 348 g/mol. The Bertz CT molecular complexity index is 770. The third-order valence-electron chi connectivity index (χ3n) is 4.05. The molecule has 2 N–H and O–H groups in total. The largest absolute Gasteiger partial charge is 0.357 e. The Kier molecular flexibility index (Phi) is 5.25. The highest BCUT2D eigenvalue weighted by molar-refractivity contribution is 5.80. The molecule has 8 heteroatoms. The number of hydrogen-bond donors (Lipinski definition) is 2. The molecular formula is C17H22F2N6. The van der Waals surface area contributed by atoms with Crippen LogP contribution in [0.1, 0.15) is 43.0 Å². The zero-order chi connectivity index (χ0) is 17.8. The maximum Gasteiger partial charge on any atom is 0.192 e. The molecule has 1 aromatic heterocycles. The van der Waals surface area contributed by atoms with Crippen molar-refractivity contribution in [3.8, 4) is 0 Å². The summed E-state index contributed by atoms with van der Waals surface area (Å²) < 4.78 is 29.0. The van der Waals surface area contributed by atoms with Crippen molar-refractivity contribution in [3.63, 3.8) is 0 Å². The summed E-state index contributed by atoms with van der Waals surface area (Å²) in [6, 6.07) is 3.38. The number of benzene rings is 1. The van der Waals surface area contributed by atoms with Crippen molar-refractivity contribution in [2.24, 2.45) is 4.99 Å². The number of aromatic nitrogens is 3. The molecule has 0 saturated heterocycles. The quantitative estimate of drug-likeness (QED) is 0.658. The van der Waals surface area contributed by atoms with E-state index in [1.165, 1.54) is 6.07 Å². The first-order valence-electron chi connectivity index (χ1n) is 8.47. The van der Waals surface area contributed by atoms with E-state index in [0.29, 0.717) is 12.5 Å². The molecule has 0 bridgehead atoms. The molecule has 0 aliphatic carbocycles. The van der Waals surface area contributed by atoms with E-state index in [4.69, 9.17) is 0 Å². The fourth-order valence-electron chi connectivity index (χ4n) is 2.92. The van der Waals surface area contributed by atoms with Crippen LogP contribution < -0.4 is 10.6 Å². The van der Waals surface area contributed by atoms with Gasteiger partial charge in [-0.1, -0.05) is 0 Å². The molecule has 6 nitrogen and oxygen atoms in total. The monoisotopic (exact) mass is 348 g/mol. The number of guanidine groups is 1. The van der Waals surface area contributed by atoms with E-state index in [-0.39, 0.29) is 18.2 Å². The second kappa shape index (κ2) is 7.58. The second-order valence-corrected chi connectivity index (χ2v) is 6.01. The fourth-order valence-corrected chi connectivity index (χ4v) is 2.92. The SMILES string of the molecule is CCNC(=NCc1cc(F)ccc1F)NC1CCCn2nc(C)nc21. The van der Waals surface area contributed by atoms with Gasteiger partial charge in [-0.25, -0.2) is 23.4 Å². The van der Waals surface area contributed by atoms with E-state index in [1.54, 1.807) is 0 Å². The molecule has 3 rings (SSSR count). The summed E-state index contributed by atoms with van der Waals surface area (Å²) in [5.41, 5.74) is 0.222. The summed E-state index contributed by atoms with van der Waals surface area (Å²) in [6.45, 7) is 5.39. The Morgan fingerprint density at radius 2 is 2.24 bits per heavy atom. The number of nitrogens with one attached hydrogen (secondary N) is 2. The molecule has 1 aromatic carbocycles. The molecule has 2 heterocycles. The smallest absolute Gasteiger partial charge is 0.192 e. The van der Waals surface area contributed by atoms with Crippen LogP contribution in [0.25, 0.3) is 0 Å². The lowest BCUT2D eigenvalue weighted by Crippen LogP contribution is -2.41. The first-order valence-corrected chi connectivity index (χ1v) is 8.47. The number of fused-ring (bicyclic) bond motifs is 1. The van der Waals surface area contributed by atoms with Crippen molar-refractivity contribution in [2.75, 3.05) is 6.54 Å². The topological polar surface area (TPSA) is 67.1 Å². The molecule has 25 heavy (non-hydrogen) atoms. The van der Waals surface area contributed by atoms with Gasteiger partial charge in [-0.3, -0.25) is 0 Å². The van der Waals surface area contributed by atoms with Gasteiger partial charge in [0.2, 0.25) is 0 Å². The van der Waals surface area contributed by atoms with Gasteiger partial charge in [0, 0.05) is 18.7 Å². The lowest BCUT2D eigenvalue weighted by molar-refractivity contribution is 0.397. The molecule has 134 valence electrons. The summed E-state index contributed by atoms with van der Waals surface area (Å²) >= 11 is 0. The van der Waals surface area contributed by atoms with E-state index >= 15 is 0 Å². The highest BCUT2D eigenvalue weighted by atomic mass is 19.1. The Morgan fingerprint density at radius 3 is 3.04 bits per heavy atom. The van der Waals surface area contributed by atoms with Crippen LogP contribution in [0.2, 0.25) is 0 Å². The van der Waals surface area contributed by atoms with Crippen LogP contribution >= 0.6 is 0 Å². The molecule has 2 aromatic rings. The Labute approximate surface area is 145 Å². The van der Waals surface area contributed by atoms with Crippen molar-refractivity contribution in [1.29, 1.82) is 0 Å². The van der Waals surface area contributed by atoms with Gasteiger partial charge in [-0.05, 0) is 44.9 Å². The minimum atomic E-state index is -0.472. The van der Waals surface area contributed by atoms with Gasteiger partial charge < -0.3 is 10.6 Å². The first-order chi connectivity index (χ1) is 12.1. The molecule has 0 radical (unpaired) electrons. The molecule has 1 unspecified atom stereocenters. The summed E-state index contributed by atoms with van der Waals surface area (Å²) in [4.78, 5) is 8.88. The number of halogens is 2. The first kappa shape index (κ1) is 17.3. The van der Waals surface area contributed by atoms with Crippen LogP contribution in [-0.2, 0) is 13.1 Å². The van der Waals surface area contributed by atoms with E-state index < -0.39 is 11.6 Å². The molecule has 1 atom stereocenters. The number of aliphatic imine (C=N–C) groups is 1. The number of nitrogens with zero attached hydrogens (tertiary/aromatic N) is 4. The van der Waals surface area contributed by atoms with E-state index in [0.717, 1.165) is 43.2 Å². The fraction of sp³-hybridized carbons (Fsp3) is 0.471. The Balaban J connectivity index is 1.76. The van der Waals surface area contributed by atoms with Crippen LogP contribution in [0.5, 0.6) is 0 Å². The van der Waals surface area contributed by atoms with Gasteiger partial charge in [0.05, 0.1) is 12.6 Å². The molecule has 0 fully saturated rings. The third-order valence-corrected chi connectivity index (χ3v) is 4.05. The summed E-state index contributed by atoms with van der Waals surface area (Å²) in [7, 11) is 0. The van der Waals surface area contributed by atoms with Crippen LogP contribution in [0, 0.1) is 18.6 Å².